The van der Waals surface area contributed by atoms with Crippen LogP contribution in [0.5, 0.6) is 0 Å². The number of sulfonamides is 1. The molecule has 0 aliphatic carbocycles. The van der Waals surface area contributed by atoms with Crippen LogP contribution in [0.1, 0.15) is 33.6 Å². The summed E-state index contributed by atoms with van der Waals surface area (Å²) < 4.78 is 24.9. The van der Waals surface area contributed by atoms with Crippen molar-refractivity contribution in [3.8, 4) is 0 Å². The Morgan fingerprint density at radius 2 is 1.94 bits per heavy atom. The van der Waals surface area contributed by atoms with Crippen molar-refractivity contribution >= 4 is 16.0 Å². The first-order chi connectivity index (χ1) is 7.26. The summed E-state index contributed by atoms with van der Waals surface area (Å²) in [5.41, 5.74) is 0. The summed E-state index contributed by atoms with van der Waals surface area (Å²) in [7, 11) is -3.23. The van der Waals surface area contributed by atoms with Crippen molar-refractivity contribution in [2.75, 3.05) is 12.3 Å². The third-order valence-corrected chi connectivity index (χ3v) is 3.61. The van der Waals surface area contributed by atoms with E-state index in [-0.39, 0.29) is 24.6 Å². The highest BCUT2D eigenvalue weighted by Crippen LogP contribution is 2.14. The first-order valence-corrected chi connectivity index (χ1v) is 7.11. The second-order valence-electron chi connectivity index (χ2n) is 4.35. The maximum Gasteiger partial charge on any atom is 0.303 e. The molecule has 0 aromatic heterocycles. The lowest BCUT2D eigenvalue weighted by Crippen LogP contribution is -2.32. The van der Waals surface area contributed by atoms with Gasteiger partial charge in [-0.2, -0.15) is 0 Å². The summed E-state index contributed by atoms with van der Waals surface area (Å²) in [5, 5.41) is 8.71. The first-order valence-electron chi connectivity index (χ1n) is 5.46. The number of rotatable bonds is 8. The fourth-order valence-corrected chi connectivity index (χ4v) is 2.19. The fraction of sp³-hybridized carbons (Fsp3) is 0.900. The monoisotopic (exact) mass is 251 g/mol. The van der Waals surface area contributed by atoms with Gasteiger partial charge in [0.05, 0.1) is 5.75 Å². The molecule has 0 bridgehead atoms. The van der Waals surface area contributed by atoms with Crippen molar-refractivity contribution in [3.63, 3.8) is 0 Å². The van der Waals surface area contributed by atoms with Gasteiger partial charge in [0.15, 0.2) is 0 Å². The number of hydrogen-bond acceptors (Lipinski definition) is 3. The molecule has 0 aromatic carbocycles. The molecule has 0 amide bonds. The normalized spacial score (nSPS) is 14.0. The highest BCUT2D eigenvalue weighted by Gasteiger charge is 2.17. The molecule has 96 valence electrons. The molecule has 5 nitrogen and oxygen atoms in total. The Bertz CT molecular complexity index is 311. The van der Waals surface area contributed by atoms with Crippen LogP contribution >= 0.6 is 0 Å². The zero-order valence-electron chi connectivity index (χ0n) is 10.1. The summed E-state index contributed by atoms with van der Waals surface area (Å²) in [5.74, 6) is -0.648. The molecule has 0 rings (SSSR count). The number of carbonyl (C=O) groups is 1. The standard InChI is InChI=1S/C10H21NO4S/c1-4-16(14,15)11-7-9(5-8(2)3)6-10(12)13/h8-9,11H,4-7H2,1-3H3,(H,12,13). The smallest absolute Gasteiger partial charge is 0.303 e. The Hall–Kier alpha value is -0.620. The van der Waals surface area contributed by atoms with E-state index in [0.717, 1.165) is 0 Å². The average Bonchev–Trinajstić information content (AvgIpc) is 2.13. The number of hydrogen-bond donors (Lipinski definition) is 2. The fourth-order valence-electron chi connectivity index (χ4n) is 1.50. The Morgan fingerprint density at radius 1 is 1.38 bits per heavy atom. The molecule has 0 radical (unpaired) electrons. The van der Waals surface area contributed by atoms with Crippen molar-refractivity contribution in [1.82, 2.24) is 4.72 Å². The van der Waals surface area contributed by atoms with E-state index in [0.29, 0.717) is 12.3 Å². The van der Waals surface area contributed by atoms with Crippen molar-refractivity contribution < 1.29 is 18.3 Å². The minimum absolute atomic E-state index is 0.00438. The van der Waals surface area contributed by atoms with Gasteiger partial charge in [-0.05, 0) is 25.2 Å². The van der Waals surface area contributed by atoms with Crippen LogP contribution in [0.4, 0.5) is 0 Å². The van der Waals surface area contributed by atoms with Crippen molar-refractivity contribution in [2.24, 2.45) is 11.8 Å². The van der Waals surface area contributed by atoms with E-state index in [1.165, 1.54) is 0 Å². The van der Waals surface area contributed by atoms with Crippen molar-refractivity contribution in [2.45, 2.75) is 33.6 Å². The lowest BCUT2D eigenvalue weighted by atomic mass is 9.94. The summed E-state index contributed by atoms with van der Waals surface area (Å²) in [4.78, 5) is 10.6. The molecule has 0 heterocycles. The topological polar surface area (TPSA) is 83.5 Å². The lowest BCUT2D eigenvalue weighted by molar-refractivity contribution is -0.138. The van der Waals surface area contributed by atoms with Gasteiger partial charge >= 0.3 is 5.97 Å². The minimum atomic E-state index is -3.23. The van der Waals surface area contributed by atoms with Gasteiger partial charge in [0.1, 0.15) is 0 Å². The number of carboxylic acid groups (broad SMARTS) is 1. The Morgan fingerprint density at radius 3 is 2.31 bits per heavy atom. The van der Waals surface area contributed by atoms with E-state index in [2.05, 4.69) is 4.72 Å². The molecule has 1 unspecified atom stereocenters. The highest BCUT2D eigenvalue weighted by molar-refractivity contribution is 7.89. The minimum Gasteiger partial charge on any atom is -0.481 e. The van der Waals surface area contributed by atoms with Gasteiger partial charge in [0.25, 0.3) is 0 Å². The van der Waals surface area contributed by atoms with E-state index >= 15 is 0 Å². The maximum absolute atomic E-state index is 11.2. The van der Waals surface area contributed by atoms with Crippen LogP contribution in [0.25, 0.3) is 0 Å². The molecule has 0 aliphatic heterocycles. The molecule has 2 N–H and O–H groups in total. The van der Waals surface area contributed by atoms with E-state index in [1.54, 1.807) is 6.92 Å². The largest absolute Gasteiger partial charge is 0.481 e. The Kier molecular flexibility index (Phi) is 6.59. The van der Waals surface area contributed by atoms with E-state index in [9.17, 15) is 13.2 Å². The highest BCUT2D eigenvalue weighted by atomic mass is 32.2. The van der Waals surface area contributed by atoms with Gasteiger partial charge in [-0.15, -0.1) is 0 Å². The number of carboxylic acids is 1. The molecule has 0 saturated heterocycles. The molecule has 0 fully saturated rings. The molecule has 0 aromatic rings. The van der Waals surface area contributed by atoms with Crippen LogP contribution in [0.2, 0.25) is 0 Å². The van der Waals surface area contributed by atoms with Gasteiger partial charge in [-0.3, -0.25) is 4.79 Å². The van der Waals surface area contributed by atoms with Crippen LogP contribution in [0.3, 0.4) is 0 Å². The summed E-state index contributed by atoms with van der Waals surface area (Å²) >= 11 is 0. The van der Waals surface area contributed by atoms with Crippen LogP contribution in [0.15, 0.2) is 0 Å². The Labute approximate surface area is 97.3 Å². The molecule has 16 heavy (non-hydrogen) atoms. The number of nitrogens with one attached hydrogen (secondary N) is 1. The Balaban J connectivity index is 4.26. The van der Waals surface area contributed by atoms with Gasteiger partial charge in [0, 0.05) is 13.0 Å². The predicted octanol–water partition coefficient (Wildman–Crippen LogP) is 1.06. The third-order valence-electron chi connectivity index (χ3n) is 2.24. The second-order valence-corrected chi connectivity index (χ2v) is 6.44. The zero-order chi connectivity index (χ0) is 12.8. The molecular weight excluding hydrogens is 230 g/mol. The summed E-state index contributed by atoms with van der Waals surface area (Å²) in [6, 6.07) is 0. The van der Waals surface area contributed by atoms with Gasteiger partial charge in [-0.25, -0.2) is 13.1 Å². The van der Waals surface area contributed by atoms with Crippen LogP contribution in [-0.2, 0) is 14.8 Å². The molecular formula is C10H21NO4S. The first kappa shape index (κ1) is 15.4. The van der Waals surface area contributed by atoms with Crippen molar-refractivity contribution in [3.05, 3.63) is 0 Å². The van der Waals surface area contributed by atoms with E-state index in [4.69, 9.17) is 5.11 Å². The third kappa shape index (κ3) is 7.64. The molecule has 6 heteroatoms. The number of aliphatic carboxylic acids is 1. The summed E-state index contributed by atoms with van der Waals surface area (Å²) in [6.07, 6.45) is 0.711. The van der Waals surface area contributed by atoms with Gasteiger partial charge in [0.2, 0.25) is 10.0 Å². The average molecular weight is 251 g/mol. The van der Waals surface area contributed by atoms with E-state index in [1.807, 2.05) is 13.8 Å². The predicted molar refractivity (Wildman–Crippen MR) is 62.7 cm³/mol. The SMILES string of the molecule is CCS(=O)(=O)NCC(CC(=O)O)CC(C)C. The van der Waals surface area contributed by atoms with Gasteiger partial charge in [-0.1, -0.05) is 13.8 Å². The zero-order valence-corrected chi connectivity index (χ0v) is 10.9. The molecule has 0 saturated carbocycles. The lowest BCUT2D eigenvalue weighted by Gasteiger charge is -2.17. The quantitative estimate of drug-likeness (QED) is 0.675. The van der Waals surface area contributed by atoms with Crippen LogP contribution < -0.4 is 4.72 Å². The summed E-state index contributed by atoms with van der Waals surface area (Å²) in [6.45, 7) is 5.74. The molecule has 0 spiro atoms. The van der Waals surface area contributed by atoms with Crippen LogP contribution in [-0.4, -0.2) is 31.8 Å². The van der Waals surface area contributed by atoms with Crippen LogP contribution in [0, 0.1) is 11.8 Å². The maximum atomic E-state index is 11.2. The van der Waals surface area contributed by atoms with E-state index < -0.39 is 16.0 Å². The van der Waals surface area contributed by atoms with Crippen molar-refractivity contribution in [1.29, 1.82) is 0 Å². The molecule has 0 aliphatic rings. The van der Waals surface area contributed by atoms with Gasteiger partial charge < -0.3 is 5.11 Å². The molecule has 1 atom stereocenters. The second kappa shape index (κ2) is 6.85.